The van der Waals surface area contributed by atoms with Gasteiger partial charge in [0, 0.05) is 17.4 Å². The largest absolute Gasteiger partial charge is 0.497 e. The van der Waals surface area contributed by atoms with Gasteiger partial charge in [-0.3, -0.25) is 4.79 Å². The first-order valence-corrected chi connectivity index (χ1v) is 9.38. The molecular weight excluding hydrogens is 348 g/mol. The van der Waals surface area contributed by atoms with Gasteiger partial charge in [0.1, 0.15) is 11.4 Å². The Kier molecular flexibility index (Phi) is 6.33. The molecule has 6 heteroatoms. The molecule has 0 fully saturated rings. The van der Waals surface area contributed by atoms with Gasteiger partial charge < -0.3 is 14.6 Å². The molecule has 0 radical (unpaired) electrons. The Morgan fingerprint density at radius 1 is 1.15 bits per heavy atom. The third-order valence-corrected chi connectivity index (χ3v) is 4.73. The van der Waals surface area contributed by atoms with Crippen LogP contribution in [0.25, 0.3) is 11.3 Å². The normalized spacial score (nSPS) is 10.5. The summed E-state index contributed by atoms with van der Waals surface area (Å²) >= 11 is 1.59. The molecule has 3 aromatic rings. The molecule has 0 saturated carbocycles. The van der Waals surface area contributed by atoms with E-state index in [0.717, 1.165) is 17.1 Å². The van der Waals surface area contributed by atoms with Crippen LogP contribution in [0.1, 0.15) is 11.3 Å². The average molecular weight is 368 g/mol. The van der Waals surface area contributed by atoms with E-state index in [4.69, 9.17) is 9.26 Å². The number of benzene rings is 2. The van der Waals surface area contributed by atoms with Gasteiger partial charge in [0.25, 0.3) is 0 Å². The van der Waals surface area contributed by atoms with Crippen LogP contribution >= 0.6 is 11.8 Å². The van der Waals surface area contributed by atoms with Gasteiger partial charge in [-0.25, -0.2) is 0 Å². The minimum absolute atomic E-state index is 0.0168. The van der Waals surface area contributed by atoms with Crippen molar-refractivity contribution in [3.8, 4) is 17.1 Å². The number of amides is 1. The number of methoxy groups -OCH3 is 1. The van der Waals surface area contributed by atoms with Gasteiger partial charge in [-0.05, 0) is 17.7 Å². The SMILES string of the molecule is COc1cccc(-c2cc(CNC(=O)CSCc3ccccc3)no2)c1. The second-order valence-electron chi connectivity index (χ2n) is 5.67. The van der Waals surface area contributed by atoms with E-state index in [9.17, 15) is 4.79 Å². The summed E-state index contributed by atoms with van der Waals surface area (Å²) in [5.74, 6) is 2.61. The van der Waals surface area contributed by atoms with Gasteiger partial charge in [0.05, 0.1) is 19.4 Å². The van der Waals surface area contributed by atoms with Gasteiger partial charge in [-0.2, -0.15) is 0 Å². The molecule has 0 aliphatic rings. The number of rotatable bonds is 8. The molecule has 0 bridgehead atoms. The van der Waals surface area contributed by atoms with Gasteiger partial charge in [-0.1, -0.05) is 47.6 Å². The summed E-state index contributed by atoms with van der Waals surface area (Å²) < 4.78 is 10.6. The number of nitrogens with one attached hydrogen (secondary N) is 1. The van der Waals surface area contributed by atoms with Gasteiger partial charge in [0.15, 0.2) is 5.76 Å². The summed E-state index contributed by atoms with van der Waals surface area (Å²) in [4.78, 5) is 12.0. The first-order valence-electron chi connectivity index (χ1n) is 8.23. The highest BCUT2D eigenvalue weighted by molar-refractivity contribution is 7.99. The van der Waals surface area contributed by atoms with Crippen LogP contribution in [0.15, 0.2) is 65.2 Å². The average Bonchev–Trinajstić information content (AvgIpc) is 3.16. The Labute approximate surface area is 156 Å². The van der Waals surface area contributed by atoms with Crippen LogP contribution in [-0.2, 0) is 17.1 Å². The van der Waals surface area contributed by atoms with Crippen LogP contribution in [0.2, 0.25) is 0 Å². The number of carbonyl (C=O) groups excluding carboxylic acids is 1. The molecule has 0 atom stereocenters. The highest BCUT2D eigenvalue weighted by Gasteiger charge is 2.09. The van der Waals surface area contributed by atoms with Gasteiger partial charge >= 0.3 is 0 Å². The predicted octanol–water partition coefficient (Wildman–Crippen LogP) is 3.90. The van der Waals surface area contributed by atoms with Crippen molar-refractivity contribution in [1.82, 2.24) is 10.5 Å². The fraction of sp³-hybridized carbons (Fsp3) is 0.200. The number of hydrogen-bond acceptors (Lipinski definition) is 5. The third kappa shape index (κ3) is 5.13. The maximum atomic E-state index is 12.0. The lowest BCUT2D eigenvalue weighted by molar-refractivity contribution is -0.118. The number of ether oxygens (including phenoxy) is 1. The molecule has 3 rings (SSSR count). The van der Waals surface area contributed by atoms with E-state index >= 15 is 0 Å². The number of hydrogen-bond donors (Lipinski definition) is 1. The number of nitrogens with zero attached hydrogens (tertiary/aromatic N) is 1. The second-order valence-corrected chi connectivity index (χ2v) is 6.66. The summed E-state index contributed by atoms with van der Waals surface area (Å²) in [6, 6.07) is 19.5. The monoisotopic (exact) mass is 368 g/mol. The lowest BCUT2D eigenvalue weighted by atomic mass is 10.1. The third-order valence-electron chi connectivity index (χ3n) is 3.72. The minimum atomic E-state index is -0.0168. The zero-order chi connectivity index (χ0) is 18.2. The number of aromatic nitrogens is 1. The smallest absolute Gasteiger partial charge is 0.230 e. The van der Waals surface area contributed by atoms with E-state index in [1.165, 1.54) is 5.56 Å². The predicted molar refractivity (Wildman–Crippen MR) is 103 cm³/mol. The second kappa shape index (κ2) is 9.10. The zero-order valence-electron chi connectivity index (χ0n) is 14.5. The molecule has 0 aliphatic heterocycles. The molecule has 26 heavy (non-hydrogen) atoms. The van der Waals surface area contributed by atoms with Crippen molar-refractivity contribution in [2.75, 3.05) is 12.9 Å². The molecule has 2 aromatic carbocycles. The van der Waals surface area contributed by atoms with Crippen LogP contribution in [0.4, 0.5) is 0 Å². The highest BCUT2D eigenvalue weighted by Crippen LogP contribution is 2.24. The first-order chi connectivity index (χ1) is 12.7. The molecule has 1 N–H and O–H groups in total. The molecule has 0 saturated heterocycles. The van der Waals surface area contributed by atoms with Gasteiger partial charge in [-0.15, -0.1) is 11.8 Å². The quantitative estimate of drug-likeness (QED) is 0.653. The Hall–Kier alpha value is -2.73. The lowest BCUT2D eigenvalue weighted by Crippen LogP contribution is -2.24. The highest BCUT2D eigenvalue weighted by atomic mass is 32.2. The molecule has 1 aromatic heterocycles. The van der Waals surface area contributed by atoms with Crippen LogP contribution in [0, 0.1) is 0 Å². The van der Waals surface area contributed by atoms with Crippen molar-refractivity contribution in [3.63, 3.8) is 0 Å². The maximum Gasteiger partial charge on any atom is 0.230 e. The van der Waals surface area contributed by atoms with Crippen LogP contribution in [0.3, 0.4) is 0 Å². The first kappa shape index (κ1) is 18.1. The van der Waals surface area contributed by atoms with Crippen LogP contribution in [0.5, 0.6) is 5.75 Å². The molecule has 0 spiro atoms. The van der Waals surface area contributed by atoms with E-state index in [1.807, 2.05) is 48.5 Å². The van der Waals surface area contributed by atoms with Crippen LogP contribution in [-0.4, -0.2) is 23.9 Å². The number of carbonyl (C=O) groups is 1. The zero-order valence-corrected chi connectivity index (χ0v) is 15.3. The molecule has 0 unspecified atom stereocenters. The van der Waals surface area contributed by atoms with Crippen molar-refractivity contribution in [2.45, 2.75) is 12.3 Å². The van der Waals surface area contributed by atoms with E-state index < -0.39 is 0 Å². The molecule has 1 amide bonds. The van der Waals surface area contributed by atoms with Crippen molar-refractivity contribution in [1.29, 1.82) is 0 Å². The summed E-state index contributed by atoms with van der Waals surface area (Å²) in [6.07, 6.45) is 0. The fourth-order valence-corrected chi connectivity index (χ4v) is 3.20. The van der Waals surface area contributed by atoms with Gasteiger partial charge in [0.2, 0.25) is 5.91 Å². The standard InChI is InChI=1S/C20H20N2O3S/c1-24-18-9-5-8-16(10-18)19-11-17(22-25-19)12-21-20(23)14-26-13-15-6-3-2-4-7-15/h2-11H,12-14H2,1H3,(H,21,23). The summed E-state index contributed by atoms with van der Waals surface area (Å²) in [6.45, 7) is 0.345. The molecule has 5 nitrogen and oxygen atoms in total. The Balaban J connectivity index is 1.46. The fourth-order valence-electron chi connectivity index (χ4n) is 2.38. The molecule has 134 valence electrons. The van der Waals surface area contributed by atoms with E-state index in [-0.39, 0.29) is 5.91 Å². The summed E-state index contributed by atoms with van der Waals surface area (Å²) in [5, 5.41) is 6.88. The molecule has 1 heterocycles. The summed E-state index contributed by atoms with van der Waals surface area (Å²) in [5.41, 5.74) is 2.78. The Bertz CT molecular complexity index is 849. The van der Waals surface area contributed by atoms with Crippen molar-refractivity contribution in [2.24, 2.45) is 0 Å². The minimum Gasteiger partial charge on any atom is -0.497 e. The van der Waals surface area contributed by atoms with E-state index in [1.54, 1.807) is 18.9 Å². The van der Waals surface area contributed by atoms with Crippen LogP contribution < -0.4 is 10.1 Å². The van der Waals surface area contributed by atoms with Crippen molar-refractivity contribution < 1.29 is 14.1 Å². The van der Waals surface area contributed by atoms with Crippen molar-refractivity contribution >= 4 is 17.7 Å². The molecule has 0 aliphatic carbocycles. The Morgan fingerprint density at radius 3 is 2.81 bits per heavy atom. The number of thioether (sulfide) groups is 1. The maximum absolute atomic E-state index is 12.0. The van der Waals surface area contributed by atoms with Crippen molar-refractivity contribution in [3.05, 3.63) is 71.9 Å². The lowest BCUT2D eigenvalue weighted by Gasteiger charge is -2.03. The van der Waals surface area contributed by atoms with E-state index in [2.05, 4.69) is 22.6 Å². The topological polar surface area (TPSA) is 64.4 Å². The van der Waals surface area contributed by atoms with E-state index in [0.29, 0.717) is 23.8 Å². The summed E-state index contributed by atoms with van der Waals surface area (Å²) in [7, 11) is 1.62. The molecular formula is C20H20N2O3S. The Morgan fingerprint density at radius 2 is 2.00 bits per heavy atom.